The van der Waals surface area contributed by atoms with E-state index in [4.69, 9.17) is 0 Å². The Labute approximate surface area is 82.9 Å². The summed E-state index contributed by atoms with van der Waals surface area (Å²) < 4.78 is 48.9. The largest absolute Gasteiger partial charge is 0.444 e. The fourth-order valence-corrected chi connectivity index (χ4v) is 0.893. The van der Waals surface area contributed by atoms with Gasteiger partial charge < -0.3 is 0 Å². The van der Waals surface area contributed by atoms with Crippen molar-refractivity contribution in [1.82, 2.24) is 0 Å². The molecular formula is C8H5F4NS. The quantitative estimate of drug-likeness (QED) is 0.408. The zero-order chi connectivity index (χ0) is 10.8. The van der Waals surface area contributed by atoms with E-state index in [0.29, 0.717) is 0 Å². The highest BCUT2D eigenvalue weighted by atomic mass is 32.1. The predicted octanol–water partition coefficient (Wildman–Crippen LogP) is 3.27. The molecule has 0 saturated heterocycles. The highest BCUT2D eigenvalue weighted by Crippen LogP contribution is 2.24. The molecule has 0 saturated carbocycles. The molecule has 0 aliphatic heterocycles. The maximum absolute atomic E-state index is 13.0. The van der Waals surface area contributed by atoms with Crippen LogP contribution in [0.1, 0.15) is 0 Å². The molecule has 1 rings (SSSR count). The minimum absolute atomic E-state index is 0.241. The lowest BCUT2D eigenvalue weighted by Gasteiger charge is -2.16. The maximum Gasteiger partial charge on any atom is 0.444 e. The van der Waals surface area contributed by atoms with E-state index in [1.807, 2.05) is 0 Å². The van der Waals surface area contributed by atoms with Gasteiger partial charge in [0, 0.05) is 0 Å². The van der Waals surface area contributed by atoms with Crippen LogP contribution in [0.15, 0.2) is 30.3 Å². The van der Waals surface area contributed by atoms with E-state index < -0.39 is 16.3 Å². The van der Waals surface area contributed by atoms with Crippen LogP contribution in [-0.4, -0.2) is 11.2 Å². The summed E-state index contributed by atoms with van der Waals surface area (Å²) in [5, 5.41) is -0.560. The summed E-state index contributed by atoms with van der Waals surface area (Å²) in [4.78, 5) is -1.70. The van der Waals surface area contributed by atoms with Crippen molar-refractivity contribution < 1.29 is 17.7 Å². The second-order valence-electron chi connectivity index (χ2n) is 2.42. The Bertz CT molecular complexity index is 322. The van der Waals surface area contributed by atoms with Crippen LogP contribution < -0.4 is 5.12 Å². The molecular weight excluding hydrogens is 218 g/mol. The Morgan fingerprint density at radius 2 is 1.64 bits per heavy atom. The highest BCUT2D eigenvalue weighted by molar-refractivity contribution is 7.80. The van der Waals surface area contributed by atoms with Crippen LogP contribution in [0.4, 0.5) is 23.3 Å². The van der Waals surface area contributed by atoms with Crippen molar-refractivity contribution in [3.8, 4) is 0 Å². The Morgan fingerprint density at radius 3 is 2.07 bits per heavy atom. The lowest BCUT2D eigenvalue weighted by atomic mass is 10.3. The van der Waals surface area contributed by atoms with Crippen molar-refractivity contribution in [3.63, 3.8) is 0 Å². The smallest absolute Gasteiger partial charge is 0.164 e. The standard InChI is InChI=1S/C8H5F4NS/c9-8(10,11)7(14)13(12)6-4-2-1-3-5-6/h1-5H. The van der Waals surface area contributed by atoms with Crippen molar-refractivity contribution in [2.24, 2.45) is 0 Å². The fraction of sp³-hybridized carbons (Fsp3) is 0.125. The van der Waals surface area contributed by atoms with Gasteiger partial charge in [-0.25, -0.2) is 0 Å². The van der Waals surface area contributed by atoms with Crippen LogP contribution >= 0.6 is 12.2 Å². The van der Waals surface area contributed by atoms with Crippen molar-refractivity contribution in [2.75, 3.05) is 5.12 Å². The SMILES string of the molecule is FN(C(=S)C(F)(F)F)c1ccccc1. The molecule has 1 aromatic rings. The average molecular weight is 223 g/mol. The monoisotopic (exact) mass is 223 g/mol. The van der Waals surface area contributed by atoms with Gasteiger partial charge in [-0.1, -0.05) is 34.9 Å². The second-order valence-corrected chi connectivity index (χ2v) is 2.81. The molecule has 0 aromatic heterocycles. The molecule has 1 aromatic carbocycles. The molecule has 0 N–H and O–H groups in total. The summed E-state index contributed by atoms with van der Waals surface area (Å²) in [6.07, 6.45) is -4.83. The molecule has 0 unspecified atom stereocenters. The van der Waals surface area contributed by atoms with Crippen molar-refractivity contribution in [3.05, 3.63) is 30.3 Å². The number of hydrogen-bond donors (Lipinski definition) is 0. The Balaban J connectivity index is 2.87. The van der Waals surface area contributed by atoms with E-state index in [2.05, 4.69) is 12.2 Å². The number of para-hydroxylation sites is 1. The molecule has 6 heteroatoms. The first-order valence-electron chi connectivity index (χ1n) is 3.55. The second kappa shape index (κ2) is 3.91. The third kappa shape index (κ3) is 2.41. The molecule has 0 aliphatic carbocycles. The van der Waals surface area contributed by atoms with Gasteiger partial charge in [-0.2, -0.15) is 18.3 Å². The zero-order valence-electron chi connectivity index (χ0n) is 6.75. The molecule has 14 heavy (non-hydrogen) atoms. The third-order valence-electron chi connectivity index (χ3n) is 1.40. The van der Waals surface area contributed by atoms with Gasteiger partial charge in [-0.3, -0.25) is 0 Å². The number of halogens is 4. The Morgan fingerprint density at radius 1 is 1.14 bits per heavy atom. The lowest BCUT2D eigenvalue weighted by Crippen LogP contribution is -2.34. The predicted molar refractivity (Wildman–Crippen MR) is 48.7 cm³/mol. The van der Waals surface area contributed by atoms with E-state index in [0.717, 1.165) is 0 Å². The minimum Gasteiger partial charge on any atom is -0.164 e. The summed E-state index contributed by atoms with van der Waals surface area (Å²) in [6.45, 7) is 0. The van der Waals surface area contributed by atoms with Gasteiger partial charge in [0.1, 0.15) is 0 Å². The molecule has 0 radical (unpaired) electrons. The van der Waals surface area contributed by atoms with Crippen LogP contribution in [0.25, 0.3) is 0 Å². The summed E-state index contributed by atoms with van der Waals surface area (Å²) >= 11 is 3.92. The molecule has 1 nitrogen and oxygen atoms in total. The molecule has 76 valence electrons. The molecule has 0 bridgehead atoms. The first-order chi connectivity index (χ1) is 6.43. The summed E-state index contributed by atoms with van der Waals surface area (Å²) in [6, 6.07) is 6.78. The van der Waals surface area contributed by atoms with Crippen LogP contribution in [0.3, 0.4) is 0 Å². The molecule has 0 heterocycles. The average Bonchev–Trinajstić information content (AvgIpc) is 2.15. The van der Waals surface area contributed by atoms with Crippen molar-refractivity contribution >= 4 is 22.9 Å². The van der Waals surface area contributed by atoms with Crippen LogP contribution in [0, 0.1) is 0 Å². The topological polar surface area (TPSA) is 3.24 Å². The molecule has 0 aliphatic rings. The van der Waals surface area contributed by atoms with Crippen LogP contribution in [-0.2, 0) is 0 Å². The van der Waals surface area contributed by atoms with Gasteiger partial charge in [-0.05, 0) is 12.1 Å². The molecule has 0 atom stereocenters. The van der Waals surface area contributed by atoms with Crippen molar-refractivity contribution in [1.29, 1.82) is 0 Å². The van der Waals surface area contributed by atoms with E-state index in [-0.39, 0.29) is 5.69 Å². The van der Waals surface area contributed by atoms with E-state index in [1.165, 1.54) is 24.3 Å². The number of nitrogens with zero attached hydrogens (tertiary/aromatic N) is 1. The molecule has 0 amide bonds. The summed E-state index contributed by atoms with van der Waals surface area (Å²) in [5.41, 5.74) is -0.241. The molecule has 0 fully saturated rings. The zero-order valence-corrected chi connectivity index (χ0v) is 7.57. The van der Waals surface area contributed by atoms with E-state index in [9.17, 15) is 17.7 Å². The van der Waals surface area contributed by atoms with Crippen molar-refractivity contribution in [2.45, 2.75) is 6.18 Å². The van der Waals surface area contributed by atoms with Gasteiger partial charge in [0.2, 0.25) is 4.99 Å². The number of anilines is 1. The van der Waals surface area contributed by atoms with E-state index >= 15 is 0 Å². The number of thiocarbonyl (C=S) groups is 1. The van der Waals surface area contributed by atoms with E-state index in [1.54, 1.807) is 6.07 Å². The summed E-state index contributed by atoms with van der Waals surface area (Å²) in [7, 11) is 0. The van der Waals surface area contributed by atoms with Crippen LogP contribution in [0.5, 0.6) is 0 Å². The van der Waals surface area contributed by atoms with Crippen LogP contribution in [0.2, 0.25) is 0 Å². The number of alkyl halides is 3. The molecule has 0 spiro atoms. The van der Waals surface area contributed by atoms with Gasteiger partial charge in [0.15, 0.2) is 0 Å². The highest BCUT2D eigenvalue weighted by Gasteiger charge is 2.39. The van der Waals surface area contributed by atoms with Gasteiger partial charge >= 0.3 is 6.18 Å². The minimum atomic E-state index is -4.83. The number of hydrogen-bond acceptors (Lipinski definition) is 1. The number of rotatable bonds is 1. The Kier molecular flexibility index (Phi) is 3.05. The number of benzene rings is 1. The first-order valence-corrected chi connectivity index (χ1v) is 3.96. The Hall–Kier alpha value is -1.17. The lowest BCUT2D eigenvalue weighted by molar-refractivity contribution is -0.0593. The first kappa shape index (κ1) is 10.9. The normalized spacial score (nSPS) is 11.1. The van der Waals surface area contributed by atoms with Gasteiger partial charge in [0.25, 0.3) is 0 Å². The third-order valence-corrected chi connectivity index (χ3v) is 1.80. The fourth-order valence-electron chi connectivity index (χ4n) is 0.787. The van der Waals surface area contributed by atoms with Gasteiger partial charge in [-0.15, -0.1) is 0 Å². The summed E-state index contributed by atoms with van der Waals surface area (Å²) in [5.74, 6) is 0. The van der Waals surface area contributed by atoms with Gasteiger partial charge in [0.05, 0.1) is 5.69 Å². The maximum atomic E-state index is 13.0.